The standard InChI is InChI=1S/C27H34O5/c1-15-11-12-19-20(26(19,4)5)13-16(2)24(30)27(14-17(3)23(29)21(27)22(15)28)32-25(31)18-9-7-6-8-10-18/h6-11,13,17,19-23,28-29H,12,14H2,1-5H3/b15-11?,16-13+/t17-,19-,20+,21-,22+,23-,27+/m0/s1. The van der Waals surface area contributed by atoms with Gasteiger partial charge >= 0.3 is 5.97 Å². The molecule has 2 N–H and O–H groups in total. The van der Waals surface area contributed by atoms with Crippen molar-refractivity contribution in [1.29, 1.82) is 0 Å². The van der Waals surface area contributed by atoms with Gasteiger partial charge in [0.1, 0.15) is 0 Å². The van der Waals surface area contributed by atoms with Gasteiger partial charge in [-0.2, -0.15) is 0 Å². The second-order valence-electron chi connectivity index (χ2n) is 10.6. The van der Waals surface area contributed by atoms with Crippen LogP contribution in [0, 0.1) is 29.1 Å². The number of Topliss-reactive ketones (excluding diaryl/α,β-unsaturated/α-hetero) is 1. The minimum absolute atomic E-state index is 0.0677. The average molecular weight is 439 g/mol. The number of aliphatic hydroxyl groups is 2. The first-order chi connectivity index (χ1) is 15.0. The van der Waals surface area contributed by atoms with E-state index in [1.165, 1.54) is 0 Å². The number of fused-ring (bicyclic) bond motifs is 2. The number of benzene rings is 1. The van der Waals surface area contributed by atoms with Gasteiger partial charge in [-0.05, 0) is 66.7 Å². The zero-order valence-electron chi connectivity index (χ0n) is 19.5. The number of carbonyl (C=O) groups excluding carboxylic acids is 2. The molecule has 0 aliphatic heterocycles. The molecule has 0 bridgehead atoms. The lowest BCUT2D eigenvalue weighted by Gasteiger charge is -2.37. The van der Waals surface area contributed by atoms with Crippen molar-refractivity contribution in [2.45, 2.75) is 65.3 Å². The van der Waals surface area contributed by atoms with Gasteiger partial charge in [-0.25, -0.2) is 4.79 Å². The van der Waals surface area contributed by atoms with E-state index in [1.54, 1.807) is 37.3 Å². The summed E-state index contributed by atoms with van der Waals surface area (Å²) in [7, 11) is 0. The number of allylic oxidation sites excluding steroid dienone is 2. The van der Waals surface area contributed by atoms with Crippen LogP contribution < -0.4 is 0 Å². The van der Waals surface area contributed by atoms with Crippen LogP contribution >= 0.6 is 0 Å². The molecule has 32 heavy (non-hydrogen) atoms. The van der Waals surface area contributed by atoms with Crippen molar-refractivity contribution in [2.24, 2.45) is 29.1 Å². The number of hydrogen-bond donors (Lipinski definition) is 2. The van der Waals surface area contributed by atoms with Crippen LogP contribution in [0.15, 0.2) is 53.6 Å². The molecule has 2 fully saturated rings. The van der Waals surface area contributed by atoms with Crippen molar-refractivity contribution < 1.29 is 24.5 Å². The molecule has 0 radical (unpaired) electrons. The monoisotopic (exact) mass is 438 g/mol. The molecule has 172 valence electrons. The van der Waals surface area contributed by atoms with Crippen LogP contribution in [0.2, 0.25) is 0 Å². The number of aliphatic hydroxyl groups excluding tert-OH is 2. The molecule has 1 aromatic rings. The van der Waals surface area contributed by atoms with Crippen molar-refractivity contribution >= 4 is 11.8 Å². The van der Waals surface area contributed by atoms with Crippen LogP contribution in [-0.2, 0) is 9.53 Å². The topological polar surface area (TPSA) is 83.8 Å². The highest BCUT2D eigenvalue weighted by Gasteiger charge is 2.63. The summed E-state index contributed by atoms with van der Waals surface area (Å²) < 4.78 is 6.03. The van der Waals surface area contributed by atoms with Crippen LogP contribution in [0.5, 0.6) is 0 Å². The maximum absolute atomic E-state index is 14.0. The fraction of sp³-hybridized carbons (Fsp3) is 0.556. The normalized spacial score (nSPS) is 40.2. The zero-order chi connectivity index (χ0) is 23.4. The molecule has 0 unspecified atom stereocenters. The van der Waals surface area contributed by atoms with Crippen molar-refractivity contribution in [3.8, 4) is 0 Å². The Labute approximate surface area is 190 Å². The lowest BCUT2D eigenvalue weighted by atomic mass is 9.77. The Kier molecular flexibility index (Phi) is 5.71. The smallest absolute Gasteiger partial charge is 0.339 e. The lowest BCUT2D eigenvalue weighted by Crippen LogP contribution is -2.53. The Morgan fingerprint density at radius 1 is 1.12 bits per heavy atom. The summed E-state index contributed by atoms with van der Waals surface area (Å²) in [6.45, 7) is 9.81. The van der Waals surface area contributed by atoms with Gasteiger partial charge in [0, 0.05) is 6.42 Å². The van der Waals surface area contributed by atoms with E-state index < -0.39 is 29.7 Å². The fourth-order valence-corrected chi connectivity index (χ4v) is 5.97. The maximum Gasteiger partial charge on any atom is 0.339 e. The predicted octanol–water partition coefficient (Wildman–Crippen LogP) is 4.10. The first-order valence-corrected chi connectivity index (χ1v) is 11.5. The van der Waals surface area contributed by atoms with Crippen molar-refractivity contribution in [3.05, 3.63) is 59.2 Å². The number of hydrogen-bond acceptors (Lipinski definition) is 5. The summed E-state index contributed by atoms with van der Waals surface area (Å²) >= 11 is 0. The molecule has 5 nitrogen and oxygen atoms in total. The number of carbonyl (C=O) groups is 2. The second-order valence-corrected chi connectivity index (χ2v) is 10.6. The van der Waals surface area contributed by atoms with Gasteiger partial charge in [-0.3, -0.25) is 4.79 Å². The lowest BCUT2D eigenvalue weighted by molar-refractivity contribution is -0.146. The van der Waals surface area contributed by atoms with Gasteiger partial charge in [0.15, 0.2) is 5.60 Å². The molecule has 4 rings (SSSR count). The number of ketones is 1. The molecule has 0 amide bonds. The summed E-state index contributed by atoms with van der Waals surface area (Å²) in [4.78, 5) is 27.1. The molecule has 3 aliphatic carbocycles. The fourth-order valence-electron chi connectivity index (χ4n) is 5.97. The van der Waals surface area contributed by atoms with E-state index in [1.807, 2.05) is 26.0 Å². The SMILES string of the molecule is CC1=CC[C@H]2[C@@H](/C=C(\C)C(=O)[C@@]3(OC(=O)c4ccccc4)C[C@H](C)[C@H](O)[C@@H]3[C@@H]1O)C2(C)C. The highest BCUT2D eigenvalue weighted by atomic mass is 16.6. The van der Waals surface area contributed by atoms with Gasteiger partial charge in [0.25, 0.3) is 0 Å². The molecule has 0 spiro atoms. The van der Waals surface area contributed by atoms with Crippen LogP contribution in [0.4, 0.5) is 0 Å². The van der Waals surface area contributed by atoms with Gasteiger partial charge in [-0.1, -0.05) is 51.1 Å². The van der Waals surface area contributed by atoms with E-state index in [4.69, 9.17) is 4.74 Å². The third kappa shape index (κ3) is 3.56. The largest absolute Gasteiger partial charge is 0.447 e. The third-order valence-electron chi connectivity index (χ3n) is 8.21. The van der Waals surface area contributed by atoms with Gasteiger partial charge in [-0.15, -0.1) is 0 Å². The molecule has 0 saturated heterocycles. The van der Waals surface area contributed by atoms with E-state index in [-0.39, 0.29) is 29.5 Å². The van der Waals surface area contributed by atoms with Crippen LogP contribution in [0.1, 0.15) is 57.8 Å². The summed E-state index contributed by atoms with van der Waals surface area (Å²) in [6, 6.07) is 8.55. The van der Waals surface area contributed by atoms with E-state index >= 15 is 0 Å². The third-order valence-corrected chi connectivity index (χ3v) is 8.21. The minimum Gasteiger partial charge on any atom is -0.447 e. The number of rotatable bonds is 2. The first kappa shape index (κ1) is 22.9. The molecule has 0 heterocycles. The Morgan fingerprint density at radius 3 is 2.44 bits per heavy atom. The van der Waals surface area contributed by atoms with E-state index in [2.05, 4.69) is 13.8 Å². The predicted molar refractivity (Wildman–Crippen MR) is 122 cm³/mol. The van der Waals surface area contributed by atoms with E-state index in [0.717, 1.165) is 6.42 Å². The first-order valence-electron chi connectivity index (χ1n) is 11.5. The number of ether oxygens (including phenoxy) is 1. The van der Waals surface area contributed by atoms with Crippen LogP contribution in [0.3, 0.4) is 0 Å². The van der Waals surface area contributed by atoms with Crippen LogP contribution in [-0.4, -0.2) is 39.8 Å². The molecule has 7 atom stereocenters. The number of esters is 1. The van der Waals surface area contributed by atoms with Crippen molar-refractivity contribution in [3.63, 3.8) is 0 Å². The van der Waals surface area contributed by atoms with E-state index in [0.29, 0.717) is 22.6 Å². The molecule has 0 aromatic heterocycles. The zero-order valence-corrected chi connectivity index (χ0v) is 19.5. The Bertz CT molecular complexity index is 975. The average Bonchev–Trinajstić information content (AvgIpc) is 3.16. The maximum atomic E-state index is 14.0. The quantitative estimate of drug-likeness (QED) is 0.537. The molecular formula is C27H34O5. The van der Waals surface area contributed by atoms with Crippen molar-refractivity contribution in [1.82, 2.24) is 0 Å². The van der Waals surface area contributed by atoms with Gasteiger partial charge < -0.3 is 14.9 Å². The summed E-state index contributed by atoms with van der Waals surface area (Å²) in [6.07, 6.45) is 2.94. The highest BCUT2D eigenvalue weighted by molar-refractivity contribution is 6.04. The van der Waals surface area contributed by atoms with Crippen LogP contribution in [0.25, 0.3) is 0 Å². The second kappa shape index (κ2) is 7.96. The summed E-state index contributed by atoms with van der Waals surface area (Å²) in [5.41, 5.74) is 0.0166. The highest BCUT2D eigenvalue weighted by Crippen LogP contribution is 2.62. The molecular weight excluding hydrogens is 404 g/mol. The summed E-state index contributed by atoms with van der Waals surface area (Å²) in [5.74, 6) is -1.54. The Hall–Kier alpha value is -2.24. The molecule has 5 heteroatoms. The van der Waals surface area contributed by atoms with E-state index in [9.17, 15) is 19.8 Å². The molecule has 2 saturated carbocycles. The summed E-state index contributed by atoms with van der Waals surface area (Å²) in [5, 5.41) is 22.4. The molecule has 3 aliphatic rings. The molecule has 1 aromatic carbocycles. The Balaban J connectivity index is 1.83. The minimum atomic E-state index is -1.63. The van der Waals surface area contributed by atoms with Gasteiger partial charge in [0.05, 0.1) is 23.7 Å². The van der Waals surface area contributed by atoms with Gasteiger partial charge in [0.2, 0.25) is 5.78 Å². The Morgan fingerprint density at radius 2 is 1.78 bits per heavy atom. The van der Waals surface area contributed by atoms with Crippen molar-refractivity contribution in [2.75, 3.05) is 0 Å².